The fraction of sp³-hybridized carbons (Fsp3) is 0.455. The topological polar surface area (TPSA) is 12.0 Å². The third kappa shape index (κ3) is 3.54. The van der Waals surface area contributed by atoms with Gasteiger partial charge in [-0.2, -0.15) is 0 Å². The van der Waals surface area contributed by atoms with Crippen LogP contribution in [0.4, 0.5) is 0 Å². The molecule has 0 bridgehead atoms. The third-order valence-corrected chi connectivity index (χ3v) is 1.81. The molecule has 1 nitrogen and oxygen atoms in total. The van der Waals surface area contributed by atoms with E-state index in [0.29, 0.717) is 6.04 Å². The van der Waals surface area contributed by atoms with Gasteiger partial charge in [0, 0.05) is 12.6 Å². The molecule has 0 unspecified atom stereocenters. The number of allylic oxidation sites excluding steroid dienone is 5. The van der Waals surface area contributed by atoms with Crippen LogP contribution in [0.3, 0.4) is 0 Å². The number of nitrogens with one attached hydrogen (secondary N) is 1. The van der Waals surface area contributed by atoms with Crippen molar-refractivity contribution in [2.24, 2.45) is 0 Å². The maximum absolute atomic E-state index is 3.41. The lowest BCUT2D eigenvalue weighted by Gasteiger charge is -2.09. The van der Waals surface area contributed by atoms with Crippen molar-refractivity contribution in [1.82, 2.24) is 5.32 Å². The molecule has 0 aromatic carbocycles. The summed E-state index contributed by atoms with van der Waals surface area (Å²) in [6.45, 7) is 5.35. The maximum Gasteiger partial charge on any atom is 0.0173 e. The van der Waals surface area contributed by atoms with E-state index in [2.05, 4.69) is 49.5 Å². The van der Waals surface area contributed by atoms with Crippen molar-refractivity contribution < 1.29 is 0 Å². The van der Waals surface area contributed by atoms with Crippen molar-refractivity contribution in [3.05, 3.63) is 36.0 Å². The molecule has 0 spiro atoms. The van der Waals surface area contributed by atoms with Gasteiger partial charge in [-0.3, -0.25) is 0 Å². The number of hydrogen-bond acceptors (Lipinski definition) is 1. The predicted molar refractivity (Wildman–Crippen MR) is 54.1 cm³/mol. The second-order valence-electron chi connectivity index (χ2n) is 3.38. The highest BCUT2D eigenvalue weighted by Crippen LogP contribution is 2.05. The van der Waals surface area contributed by atoms with E-state index in [4.69, 9.17) is 0 Å². The lowest BCUT2D eigenvalue weighted by molar-refractivity contribution is 0.618. The first-order chi connectivity index (χ1) is 5.79. The highest BCUT2D eigenvalue weighted by atomic mass is 14.9. The van der Waals surface area contributed by atoms with Crippen LogP contribution in [0, 0.1) is 0 Å². The average molecular weight is 163 g/mol. The predicted octanol–water partition coefficient (Wildman–Crippen LogP) is 2.43. The van der Waals surface area contributed by atoms with Gasteiger partial charge < -0.3 is 5.32 Å². The molecule has 0 aromatic heterocycles. The zero-order valence-electron chi connectivity index (χ0n) is 7.88. The Morgan fingerprint density at radius 2 is 2.17 bits per heavy atom. The summed E-state index contributed by atoms with van der Waals surface area (Å²) in [4.78, 5) is 0. The van der Waals surface area contributed by atoms with Crippen molar-refractivity contribution in [1.29, 1.82) is 0 Å². The summed E-state index contributed by atoms with van der Waals surface area (Å²) >= 11 is 0. The Bertz CT molecular complexity index is 209. The average Bonchev–Trinajstić information content (AvgIpc) is 2.28. The van der Waals surface area contributed by atoms with E-state index in [1.165, 1.54) is 5.57 Å². The zero-order valence-corrected chi connectivity index (χ0v) is 7.88. The summed E-state index contributed by atoms with van der Waals surface area (Å²) in [5.41, 5.74) is 1.45. The van der Waals surface area contributed by atoms with Gasteiger partial charge in [0.25, 0.3) is 0 Å². The van der Waals surface area contributed by atoms with Crippen LogP contribution in [0.1, 0.15) is 20.3 Å². The smallest absolute Gasteiger partial charge is 0.0173 e. The van der Waals surface area contributed by atoms with E-state index in [0.717, 1.165) is 13.0 Å². The third-order valence-electron chi connectivity index (χ3n) is 1.81. The van der Waals surface area contributed by atoms with Crippen LogP contribution in [-0.2, 0) is 0 Å². The summed E-state index contributed by atoms with van der Waals surface area (Å²) < 4.78 is 0. The molecule has 0 atom stereocenters. The van der Waals surface area contributed by atoms with Crippen LogP contribution in [-0.4, -0.2) is 12.6 Å². The van der Waals surface area contributed by atoms with Crippen LogP contribution in [0.15, 0.2) is 36.0 Å². The molecule has 0 fully saturated rings. The Hall–Kier alpha value is -0.820. The van der Waals surface area contributed by atoms with E-state index in [1.54, 1.807) is 0 Å². The quantitative estimate of drug-likeness (QED) is 0.673. The Morgan fingerprint density at radius 3 is 2.92 bits per heavy atom. The minimum absolute atomic E-state index is 0.571. The van der Waals surface area contributed by atoms with E-state index in [9.17, 15) is 0 Å². The molecule has 66 valence electrons. The SMILES string of the molecule is CC(C)NCC1=CC=CC=CC1. The van der Waals surface area contributed by atoms with Crippen molar-refractivity contribution in [2.75, 3.05) is 6.54 Å². The van der Waals surface area contributed by atoms with Gasteiger partial charge in [-0.25, -0.2) is 0 Å². The summed E-state index contributed by atoms with van der Waals surface area (Å²) in [6, 6.07) is 0.571. The molecular weight excluding hydrogens is 146 g/mol. The molecular formula is C11H17N. The molecule has 0 saturated heterocycles. The Labute approximate surface area is 74.9 Å². The monoisotopic (exact) mass is 163 g/mol. The van der Waals surface area contributed by atoms with Crippen LogP contribution in [0.25, 0.3) is 0 Å². The van der Waals surface area contributed by atoms with Gasteiger partial charge in [-0.15, -0.1) is 0 Å². The lowest BCUT2D eigenvalue weighted by Crippen LogP contribution is -2.24. The van der Waals surface area contributed by atoms with Crippen LogP contribution < -0.4 is 5.32 Å². The summed E-state index contributed by atoms with van der Waals surface area (Å²) in [5, 5.41) is 3.41. The maximum atomic E-state index is 3.41. The lowest BCUT2D eigenvalue weighted by atomic mass is 10.1. The molecule has 1 rings (SSSR count). The van der Waals surface area contributed by atoms with E-state index >= 15 is 0 Å². The van der Waals surface area contributed by atoms with Gasteiger partial charge in [0.05, 0.1) is 0 Å². The Kier molecular flexibility index (Phi) is 3.81. The fourth-order valence-electron chi connectivity index (χ4n) is 1.09. The molecule has 0 amide bonds. The van der Waals surface area contributed by atoms with Crippen molar-refractivity contribution in [2.45, 2.75) is 26.3 Å². The van der Waals surface area contributed by atoms with E-state index < -0.39 is 0 Å². The molecule has 0 heterocycles. The summed E-state index contributed by atoms with van der Waals surface area (Å²) in [6.07, 6.45) is 11.7. The first-order valence-corrected chi connectivity index (χ1v) is 4.53. The van der Waals surface area contributed by atoms with Crippen LogP contribution in [0.5, 0.6) is 0 Å². The van der Waals surface area contributed by atoms with Crippen molar-refractivity contribution >= 4 is 0 Å². The summed E-state index contributed by atoms with van der Waals surface area (Å²) in [5.74, 6) is 0. The molecule has 0 aromatic rings. The largest absolute Gasteiger partial charge is 0.311 e. The molecule has 1 N–H and O–H groups in total. The second-order valence-corrected chi connectivity index (χ2v) is 3.38. The highest BCUT2D eigenvalue weighted by molar-refractivity contribution is 5.24. The van der Waals surface area contributed by atoms with Crippen molar-refractivity contribution in [3.63, 3.8) is 0 Å². The Morgan fingerprint density at radius 1 is 1.33 bits per heavy atom. The standard InChI is InChI=1S/C11H17N/c1-10(2)12-9-11-7-5-3-4-6-8-11/h3-7,10,12H,8-9H2,1-2H3. The summed E-state index contributed by atoms with van der Waals surface area (Å²) in [7, 11) is 0. The number of hydrogen-bond donors (Lipinski definition) is 1. The molecule has 1 aliphatic carbocycles. The van der Waals surface area contributed by atoms with E-state index in [-0.39, 0.29) is 0 Å². The molecule has 1 heteroatoms. The molecule has 12 heavy (non-hydrogen) atoms. The second kappa shape index (κ2) is 4.94. The van der Waals surface area contributed by atoms with Gasteiger partial charge in [0.15, 0.2) is 0 Å². The highest BCUT2D eigenvalue weighted by Gasteiger charge is 1.96. The van der Waals surface area contributed by atoms with Gasteiger partial charge in [0.1, 0.15) is 0 Å². The van der Waals surface area contributed by atoms with Crippen LogP contribution in [0.2, 0.25) is 0 Å². The fourth-order valence-corrected chi connectivity index (χ4v) is 1.09. The molecule has 1 aliphatic rings. The first kappa shape index (κ1) is 9.27. The van der Waals surface area contributed by atoms with Gasteiger partial charge in [-0.1, -0.05) is 49.8 Å². The van der Waals surface area contributed by atoms with E-state index in [1.807, 2.05) is 0 Å². The molecule has 0 aliphatic heterocycles. The van der Waals surface area contributed by atoms with Gasteiger partial charge in [0.2, 0.25) is 0 Å². The zero-order chi connectivity index (χ0) is 8.81. The molecule has 0 saturated carbocycles. The minimum atomic E-state index is 0.571. The Balaban J connectivity index is 2.36. The first-order valence-electron chi connectivity index (χ1n) is 4.53. The minimum Gasteiger partial charge on any atom is -0.311 e. The molecule has 0 radical (unpaired) electrons. The van der Waals surface area contributed by atoms with Gasteiger partial charge >= 0.3 is 0 Å². The normalized spacial score (nSPS) is 16.4. The van der Waals surface area contributed by atoms with Crippen molar-refractivity contribution in [3.8, 4) is 0 Å². The van der Waals surface area contributed by atoms with Gasteiger partial charge in [-0.05, 0) is 6.42 Å². The van der Waals surface area contributed by atoms with Crippen LogP contribution >= 0.6 is 0 Å². The number of rotatable bonds is 3.